The molecule has 3 aromatic rings. The summed E-state index contributed by atoms with van der Waals surface area (Å²) in [7, 11) is -6.08. The first kappa shape index (κ1) is 27.3. The minimum Gasteiger partial charge on any atom is -0.413 e. The van der Waals surface area contributed by atoms with Crippen LogP contribution in [0.4, 0.5) is 0 Å². The third-order valence-electron chi connectivity index (χ3n) is 6.18. The molecule has 0 saturated heterocycles. The zero-order valence-corrected chi connectivity index (χ0v) is 23.5. The van der Waals surface area contributed by atoms with E-state index in [0.717, 1.165) is 16.7 Å². The number of rotatable bonds is 9. The molecule has 7 heteroatoms. The Bertz CT molecular complexity index is 1220. The van der Waals surface area contributed by atoms with Crippen LogP contribution in [0.3, 0.4) is 0 Å². The highest BCUT2D eigenvalue weighted by Crippen LogP contribution is 2.39. The Kier molecular flexibility index (Phi) is 8.08. The topological polar surface area (TPSA) is 75.6 Å². The van der Waals surface area contributed by atoms with Crippen LogP contribution in [-0.4, -0.2) is 34.0 Å². The van der Waals surface area contributed by atoms with Crippen LogP contribution in [0.1, 0.15) is 34.7 Å². The van der Waals surface area contributed by atoms with Crippen molar-refractivity contribution in [2.24, 2.45) is 0 Å². The van der Waals surface area contributed by atoms with E-state index in [9.17, 15) is 13.5 Å². The summed E-state index contributed by atoms with van der Waals surface area (Å²) in [5.74, 6) is 0. The molecule has 0 bridgehead atoms. The second kappa shape index (κ2) is 10.4. The average molecular weight is 512 g/mol. The van der Waals surface area contributed by atoms with Gasteiger partial charge >= 0.3 is 0 Å². The Morgan fingerprint density at radius 3 is 1.71 bits per heavy atom. The van der Waals surface area contributed by atoms with Crippen LogP contribution in [-0.2, 0) is 20.1 Å². The van der Waals surface area contributed by atoms with Gasteiger partial charge in [-0.25, -0.2) is 13.1 Å². The number of nitrogens with one attached hydrogen (secondary N) is 1. The molecule has 188 valence electrons. The maximum Gasteiger partial charge on any atom is 0.241 e. The molecule has 0 fully saturated rings. The van der Waals surface area contributed by atoms with E-state index in [0.29, 0.717) is 11.1 Å². The van der Waals surface area contributed by atoms with Gasteiger partial charge in [0, 0.05) is 0 Å². The lowest BCUT2D eigenvalue weighted by Gasteiger charge is -2.43. The first-order valence-corrected chi connectivity index (χ1v) is 16.8. The zero-order valence-electron chi connectivity index (χ0n) is 21.7. The quantitative estimate of drug-likeness (QED) is 0.375. The Morgan fingerprint density at radius 2 is 1.29 bits per heavy atom. The highest BCUT2D eigenvalue weighted by Gasteiger charge is 2.47. The van der Waals surface area contributed by atoms with Crippen molar-refractivity contribution in [3.8, 4) is 0 Å². The molecule has 3 rings (SSSR count). The van der Waals surface area contributed by atoms with Crippen LogP contribution in [0.2, 0.25) is 19.6 Å². The van der Waals surface area contributed by atoms with E-state index in [4.69, 9.17) is 4.43 Å². The molecule has 0 aromatic heterocycles. The van der Waals surface area contributed by atoms with Gasteiger partial charge in [-0.05, 0) is 81.7 Å². The van der Waals surface area contributed by atoms with Crippen molar-refractivity contribution >= 4 is 18.3 Å². The Labute approximate surface area is 211 Å². The van der Waals surface area contributed by atoms with Crippen molar-refractivity contribution in [2.75, 3.05) is 0 Å². The molecule has 0 aliphatic rings. The highest BCUT2D eigenvalue weighted by molar-refractivity contribution is 7.89. The van der Waals surface area contributed by atoms with E-state index in [1.807, 2.05) is 76.2 Å². The molecule has 2 atom stereocenters. The standard InChI is InChI=1S/C28H37NO4SSi/c1-20-16-18-24(19-17-20)34(31,32)29-27(23(4)33-35(5,6)7)28(30,25-14-10-8-12-21(25)2)26-15-11-9-13-22(26)3/h8-19,23,27,29-30H,1-7H3. The first-order chi connectivity index (χ1) is 16.3. The van der Waals surface area contributed by atoms with Crippen molar-refractivity contribution < 1.29 is 18.0 Å². The normalized spacial score (nSPS) is 14.5. The Hall–Kier alpha value is -2.29. The number of hydrogen-bond donors (Lipinski definition) is 2. The summed E-state index contributed by atoms with van der Waals surface area (Å²) in [6, 6.07) is 20.8. The molecule has 0 spiro atoms. The van der Waals surface area contributed by atoms with E-state index in [1.165, 1.54) is 0 Å². The van der Waals surface area contributed by atoms with E-state index in [2.05, 4.69) is 24.4 Å². The lowest BCUT2D eigenvalue weighted by atomic mass is 9.75. The molecule has 35 heavy (non-hydrogen) atoms. The van der Waals surface area contributed by atoms with Crippen LogP contribution in [0.15, 0.2) is 77.7 Å². The van der Waals surface area contributed by atoms with Crippen molar-refractivity contribution in [3.63, 3.8) is 0 Å². The largest absolute Gasteiger partial charge is 0.413 e. The van der Waals surface area contributed by atoms with Gasteiger partial charge in [0.25, 0.3) is 0 Å². The van der Waals surface area contributed by atoms with Crippen LogP contribution < -0.4 is 4.72 Å². The summed E-state index contributed by atoms with van der Waals surface area (Å²) in [4.78, 5) is 0.144. The molecule has 0 heterocycles. The van der Waals surface area contributed by atoms with Crippen molar-refractivity contribution in [1.82, 2.24) is 4.72 Å². The van der Waals surface area contributed by atoms with Gasteiger partial charge in [-0.15, -0.1) is 0 Å². The second-order valence-electron chi connectivity index (χ2n) is 10.2. The van der Waals surface area contributed by atoms with Crippen LogP contribution in [0, 0.1) is 20.8 Å². The predicted octanol–water partition coefficient (Wildman–Crippen LogP) is 5.43. The lowest BCUT2D eigenvalue weighted by molar-refractivity contribution is -0.00182. The SMILES string of the molecule is Cc1ccc(S(=O)(=O)NC(C(C)O[Si](C)(C)C)C(O)(c2ccccc2C)c2ccccc2C)cc1. The summed E-state index contributed by atoms with van der Waals surface area (Å²) < 4.78 is 36.6. The molecule has 2 N–H and O–H groups in total. The molecule has 3 aromatic carbocycles. The average Bonchev–Trinajstić information content (AvgIpc) is 2.77. The van der Waals surface area contributed by atoms with Crippen LogP contribution in [0.25, 0.3) is 0 Å². The Morgan fingerprint density at radius 1 is 0.829 bits per heavy atom. The van der Waals surface area contributed by atoms with Gasteiger partial charge in [-0.1, -0.05) is 66.2 Å². The summed E-state index contributed by atoms with van der Waals surface area (Å²) in [5, 5.41) is 12.7. The highest BCUT2D eigenvalue weighted by atomic mass is 32.2. The van der Waals surface area contributed by atoms with Gasteiger partial charge in [-0.2, -0.15) is 0 Å². The van der Waals surface area contributed by atoms with Crippen molar-refractivity contribution in [2.45, 2.75) is 70.0 Å². The summed E-state index contributed by atoms with van der Waals surface area (Å²) >= 11 is 0. The third-order valence-corrected chi connectivity index (χ3v) is 8.72. The van der Waals surface area contributed by atoms with Gasteiger partial charge in [-0.3, -0.25) is 0 Å². The van der Waals surface area contributed by atoms with E-state index in [-0.39, 0.29) is 4.90 Å². The van der Waals surface area contributed by atoms with E-state index >= 15 is 0 Å². The predicted molar refractivity (Wildman–Crippen MR) is 145 cm³/mol. The number of aliphatic hydroxyl groups is 1. The Balaban J connectivity index is 2.27. The maximum absolute atomic E-state index is 13.6. The van der Waals surface area contributed by atoms with E-state index < -0.39 is 36.1 Å². The monoisotopic (exact) mass is 511 g/mol. The van der Waals surface area contributed by atoms with Gasteiger partial charge in [0.2, 0.25) is 10.0 Å². The number of hydrogen-bond acceptors (Lipinski definition) is 4. The minimum absolute atomic E-state index is 0.144. The second-order valence-corrected chi connectivity index (χ2v) is 16.4. The lowest BCUT2D eigenvalue weighted by Crippen LogP contribution is -2.59. The molecular formula is C28H37NO4SSi. The summed E-state index contributed by atoms with van der Waals surface area (Å²) in [5.41, 5.74) is 2.27. The van der Waals surface area contributed by atoms with Gasteiger partial charge in [0.1, 0.15) is 5.60 Å². The summed E-state index contributed by atoms with van der Waals surface area (Å²) in [6.45, 7) is 13.7. The fraction of sp³-hybridized carbons (Fsp3) is 0.357. The molecule has 5 nitrogen and oxygen atoms in total. The van der Waals surface area contributed by atoms with Gasteiger partial charge in [0.05, 0.1) is 17.0 Å². The molecular weight excluding hydrogens is 474 g/mol. The molecule has 2 unspecified atom stereocenters. The molecule has 0 aliphatic heterocycles. The smallest absolute Gasteiger partial charge is 0.241 e. The molecule has 0 saturated carbocycles. The van der Waals surface area contributed by atoms with Crippen LogP contribution in [0.5, 0.6) is 0 Å². The number of benzene rings is 3. The van der Waals surface area contributed by atoms with Gasteiger partial charge in [0.15, 0.2) is 8.32 Å². The zero-order chi connectivity index (χ0) is 26.0. The fourth-order valence-corrected chi connectivity index (χ4v) is 7.16. The maximum atomic E-state index is 13.6. The van der Waals surface area contributed by atoms with Gasteiger partial charge < -0.3 is 9.53 Å². The number of sulfonamides is 1. The van der Waals surface area contributed by atoms with Crippen LogP contribution >= 0.6 is 0 Å². The van der Waals surface area contributed by atoms with Crippen molar-refractivity contribution in [1.29, 1.82) is 0 Å². The van der Waals surface area contributed by atoms with Crippen molar-refractivity contribution in [3.05, 3.63) is 101 Å². The minimum atomic E-state index is -3.98. The molecule has 0 radical (unpaired) electrons. The summed E-state index contributed by atoms with van der Waals surface area (Å²) in [6.07, 6.45) is -0.619. The molecule has 0 aliphatic carbocycles. The number of aryl methyl sites for hydroxylation is 3. The van der Waals surface area contributed by atoms with E-state index in [1.54, 1.807) is 24.3 Å². The third kappa shape index (κ3) is 6.10. The molecule has 0 amide bonds. The fourth-order valence-electron chi connectivity index (χ4n) is 4.58. The first-order valence-electron chi connectivity index (χ1n) is 11.9.